The van der Waals surface area contributed by atoms with Crippen molar-refractivity contribution in [3.63, 3.8) is 0 Å². The maximum atomic E-state index is 12.5. The SMILES string of the molecule is N[C@@H]1CCCN(c2ccc(C(F)(F)F)cc2Cl)C1. The Morgan fingerprint density at radius 3 is 2.61 bits per heavy atom. The molecule has 1 saturated heterocycles. The van der Waals surface area contributed by atoms with E-state index in [1.807, 2.05) is 4.90 Å². The second-order valence-electron chi connectivity index (χ2n) is 4.51. The normalized spacial score (nSPS) is 21.2. The molecule has 1 aliphatic rings. The van der Waals surface area contributed by atoms with Crippen molar-refractivity contribution in [1.29, 1.82) is 0 Å². The molecule has 1 aliphatic heterocycles. The van der Waals surface area contributed by atoms with Crippen LogP contribution in [0, 0.1) is 0 Å². The van der Waals surface area contributed by atoms with Gasteiger partial charge in [-0.25, -0.2) is 0 Å². The van der Waals surface area contributed by atoms with E-state index in [9.17, 15) is 13.2 Å². The number of nitrogens with zero attached hydrogens (tertiary/aromatic N) is 1. The van der Waals surface area contributed by atoms with Gasteiger partial charge in [-0.05, 0) is 31.0 Å². The second kappa shape index (κ2) is 4.97. The van der Waals surface area contributed by atoms with Gasteiger partial charge in [-0.1, -0.05) is 11.6 Å². The Bertz CT molecular complexity index is 434. The first-order valence-electron chi connectivity index (χ1n) is 5.75. The first kappa shape index (κ1) is 13.5. The molecule has 0 amide bonds. The molecule has 1 atom stereocenters. The van der Waals surface area contributed by atoms with Crippen LogP contribution in [0.5, 0.6) is 0 Å². The summed E-state index contributed by atoms with van der Waals surface area (Å²) in [7, 11) is 0. The average Bonchev–Trinajstić information content (AvgIpc) is 2.27. The molecule has 1 fully saturated rings. The van der Waals surface area contributed by atoms with Crippen molar-refractivity contribution < 1.29 is 13.2 Å². The lowest BCUT2D eigenvalue weighted by atomic mass is 10.1. The summed E-state index contributed by atoms with van der Waals surface area (Å²) in [6, 6.07) is 3.50. The minimum atomic E-state index is -4.36. The molecule has 18 heavy (non-hydrogen) atoms. The zero-order chi connectivity index (χ0) is 13.3. The molecular weight excluding hydrogens is 265 g/mol. The van der Waals surface area contributed by atoms with Crippen LogP contribution >= 0.6 is 11.6 Å². The van der Waals surface area contributed by atoms with Gasteiger partial charge in [-0.3, -0.25) is 0 Å². The summed E-state index contributed by atoms with van der Waals surface area (Å²) in [6.45, 7) is 1.41. The van der Waals surface area contributed by atoms with Crippen molar-refractivity contribution in [3.8, 4) is 0 Å². The Morgan fingerprint density at radius 2 is 2.06 bits per heavy atom. The van der Waals surface area contributed by atoms with E-state index >= 15 is 0 Å². The summed E-state index contributed by atoms with van der Waals surface area (Å²) in [5.41, 5.74) is 5.75. The second-order valence-corrected chi connectivity index (χ2v) is 4.92. The van der Waals surface area contributed by atoms with Gasteiger partial charge in [0, 0.05) is 19.1 Å². The van der Waals surface area contributed by atoms with E-state index in [4.69, 9.17) is 17.3 Å². The quantitative estimate of drug-likeness (QED) is 0.854. The molecule has 6 heteroatoms. The smallest absolute Gasteiger partial charge is 0.369 e. The molecule has 0 aliphatic carbocycles. The number of rotatable bonds is 1. The molecule has 1 heterocycles. The molecular formula is C12H14ClF3N2. The third-order valence-electron chi connectivity index (χ3n) is 3.07. The topological polar surface area (TPSA) is 29.3 Å². The Hall–Kier alpha value is -0.940. The van der Waals surface area contributed by atoms with Crippen molar-refractivity contribution in [1.82, 2.24) is 0 Å². The fourth-order valence-corrected chi connectivity index (χ4v) is 2.47. The van der Waals surface area contributed by atoms with E-state index in [0.29, 0.717) is 12.2 Å². The van der Waals surface area contributed by atoms with Gasteiger partial charge in [-0.2, -0.15) is 13.2 Å². The van der Waals surface area contributed by atoms with E-state index in [1.54, 1.807) is 0 Å². The number of benzene rings is 1. The summed E-state index contributed by atoms with van der Waals surface area (Å²) in [5, 5.41) is 0.124. The Balaban J connectivity index is 2.24. The lowest BCUT2D eigenvalue weighted by Gasteiger charge is -2.33. The molecule has 0 spiro atoms. The number of hydrogen-bond donors (Lipinski definition) is 1. The highest BCUT2D eigenvalue weighted by atomic mass is 35.5. The molecule has 2 N–H and O–H groups in total. The molecule has 1 aromatic carbocycles. The number of hydrogen-bond acceptors (Lipinski definition) is 2. The maximum Gasteiger partial charge on any atom is 0.416 e. The molecule has 0 radical (unpaired) electrons. The van der Waals surface area contributed by atoms with Crippen molar-refractivity contribution in [2.24, 2.45) is 5.73 Å². The fraction of sp³-hybridized carbons (Fsp3) is 0.500. The number of piperidine rings is 1. The molecule has 0 unspecified atom stereocenters. The monoisotopic (exact) mass is 278 g/mol. The van der Waals surface area contributed by atoms with Gasteiger partial charge in [0.05, 0.1) is 16.3 Å². The lowest BCUT2D eigenvalue weighted by molar-refractivity contribution is -0.137. The lowest BCUT2D eigenvalue weighted by Crippen LogP contribution is -2.42. The maximum absolute atomic E-state index is 12.5. The third-order valence-corrected chi connectivity index (χ3v) is 3.38. The number of anilines is 1. The van der Waals surface area contributed by atoms with Crippen molar-refractivity contribution in [3.05, 3.63) is 28.8 Å². The van der Waals surface area contributed by atoms with Gasteiger partial charge in [0.15, 0.2) is 0 Å². The van der Waals surface area contributed by atoms with Crippen LogP contribution in [0.15, 0.2) is 18.2 Å². The van der Waals surface area contributed by atoms with E-state index in [-0.39, 0.29) is 11.1 Å². The summed E-state index contributed by atoms with van der Waals surface area (Å²) >= 11 is 5.93. The highest BCUT2D eigenvalue weighted by molar-refractivity contribution is 6.33. The van der Waals surface area contributed by atoms with Gasteiger partial charge in [0.2, 0.25) is 0 Å². The molecule has 1 aromatic rings. The van der Waals surface area contributed by atoms with Gasteiger partial charge < -0.3 is 10.6 Å². The minimum Gasteiger partial charge on any atom is -0.369 e. The number of alkyl halides is 3. The van der Waals surface area contributed by atoms with Gasteiger partial charge in [0.25, 0.3) is 0 Å². The van der Waals surface area contributed by atoms with E-state index < -0.39 is 11.7 Å². The standard InChI is InChI=1S/C12H14ClF3N2/c13-10-6-8(12(14,15)16)3-4-11(10)18-5-1-2-9(17)7-18/h3-4,6,9H,1-2,5,7,17H2/t9-/m1/s1. The first-order chi connectivity index (χ1) is 8.38. The van der Waals surface area contributed by atoms with Crippen LogP contribution in [0.4, 0.5) is 18.9 Å². The summed E-state index contributed by atoms with van der Waals surface area (Å²) in [4.78, 5) is 1.94. The fourth-order valence-electron chi connectivity index (χ4n) is 2.17. The number of halogens is 4. The van der Waals surface area contributed by atoms with Crippen LogP contribution in [0.25, 0.3) is 0 Å². The summed E-state index contributed by atoms with van der Waals surface area (Å²) in [5.74, 6) is 0. The molecule has 2 rings (SSSR count). The van der Waals surface area contributed by atoms with Gasteiger partial charge in [0.1, 0.15) is 0 Å². The van der Waals surface area contributed by atoms with E-state index in [0.717, 1.165) is 31.5 Å². The van der Waals surface area contributed by atoms with Crippen LogP contribution in [0.3, 0.4) is 0 Å². The molecule has 0 aromatic heterocycles. The largest absolute Gasteiger partial charge is 0.416 e. The Labute approximate surface area is 109 Å². The summed E-state index contributed by atoms with van der Waals surface area (Å²) in [6.07, 6.45) is -2.49. The predicted molar refractivity (Wildman–Crippen MR) is 65.9 cm³/mol. The predicted octanol–water partition coefficient (Wildman–Crippen LogP) is 3.29. The highest BCUT2D eigenvalue weighted by Crippen LogP contribution is 2.35. The molecule has 0 bridgehead atoms. The van der Waals surface area contributed by atoms with Crippen LogP contribution in [0.2, 0.25) is 5.02 Å². The average molecular weight is 279 g/mol. The highest BCUT2D eigenvalue weighted by Gasteiger charge is 2.31. The van der Waals surface area contributed by atoms with Crippen molar-refractivity contribution >= 4 is 17.3 Å². The van der Waals surface area contributed by atoms with Gasteiger partial charge in [-0.15, -0.1) is 0 Å². The third kappa shape index (κ3) is 2.90. The zero-order valence-corrected chi connectivity index (χ0v) is 10.4. The van der Waals surface area contributed by atoms with Crippen molar-refractivity contribution in [2.75, 3.05) is 18.0 Å². The number of nitrogens with two attached hydrogens (primary N) is 1. The zero-order valence-electron chi connectivity index (χ0n) is 9.67. The van der Waals surface area contributed by atoms with Crippen LogP contribution < -0.4 is 10.6 Å². The first-order valence-corrected chi connectivity index (χ1v) is 6.13. The summed E-state index contributed by atoms with van der Waals surface area (Å²) < 4.78 is 37.5. The molecule has 100 valence electrons. The Kier molecular flexibility index (Phi) is 3.73. The molecule has 2 nitrogen and oxygen atoms in total. The minimum absolute atomic E-state index is 0.0529. The van der Waals surface area contributed by atoms with E-state index in [1.165, 1.54) is 6.07 Å². The Morgan fingerprint density at radius 1 is 1.33 bits per heavy atom. The molecule has 0 saturated carbocycles. The van der Waals surface area contributed by atoms with Crippen LogP contribution in [-0.2, 0) is 6.18 Å². The van der Waals surface area contributed by atoms with Gasteiger partial charge >= 0.3 is 6.18 Å². The van der Waals surface area contributed by atoms with Crippen molar-refractivity contribution in [2.45, 2.75) is 25.1 Å². The van der Waals surface area contributed by atoms with E-state index in [2.05, 4.69) is 0 Å². The van der Waals surface area contributed by atoms with Crippen LogP contribution in [-0.4, -0.2) is 19.1 Å². The van der Waals surface area contributed by atoms with Crippen LogP contribution in [0.1, 0.15) is 18.4 Å².